The average molecular weight is 363 g/mol. The fourth-order valence-electron chi connectivity index (χ4n) is 3.35. The van der Waals surface area contributed by atoms with Crippen LogP contribution in [0.15, 0.2) is 18.3 Å². The summed E-state index contributed by atoms with van der Waals surface area (Å²) < 4.78 is 61.3. The molecule has 1 aromatic rings. The van der Waals surface area contributed by atoms with Gasteiger partial charge < -0.3 is 4.90 Å². The Hall–Kier alpha value is -1.35. The summed E-state index contributed by atoms with van der Waals surface area (Å²) in [6.07, 6.45) is -1.60. The van der Waals surface area contributed by atoms with Gasteiger partial charge in [-0.1, -0.05) is 0 Å². The van der Waals surface area contributed by atoms with E-state index in [0.29, 0.717) is 37.9 Å². The first-order valence-corrected chi connectivity index (χ1v) is 9.79. The number of aromatic nitrogens is 1. The third kappa shape index (κ3) is 4.00. The maximum Gasteiger partial charge on any atom is 0.433 e. The van der Waals surface area contributed by atoms with E-state index in [9.17, 15) is 21.6 Å². The van der Waals surface area contributed by atoms with Gasteiger partial charge in [0.15, 0.2) is 9.84 Å². The lowest BCUT2D eigenvalue weighted by atomic mass is 10.0. The SMILES string of the molecule is O=S1(=O)CCN(C2CCN(c3ccnc(C(F)(F)F)c3)CC2)CC1. The molecule has 134 valence electrons. The van der Waals surface area contributed by atoms with Gasteiger partial charge in [0, 0.05) is 44.1 Å². The molecule has 3 heterocycles. The zero-order chi connectivity index (χ0) is 17.4. The van der Waals surface area contributed by atoms with Crippen LogP contribution in [0, 0.1) is 0 Å². The molecule has 1 aromatic heterocycles. The molecule has 0 atom stereocenters. The molecular weight excluding hydrogens is 343 g/mol. The standard InChI is InChI=1S/C15H20F3N3O2S/c16-15(17,18)14-11-13(1-4-19-14)20-5-2-12(3-6-20)21-7-9-24(22,23)10-8-21/h1,4,11-12H,2-3,5-10H2. The van der Waals surface area contributed by atoms with Crippen LogP contribution in [0.25, 0.3) is 0 Å². The minimum absolute atomic E-state index is 0.201. The number of hydrogen-bond donors (Lipinski definition) is 0. The van der Waals surface area contributed by atoms with Crippen molar-refractivity contribution in [2.75, 3.05) is 42.6 Å². The van der Waals surface area contributed by atoms with Gasteiger partial charge in [0.2, 0.25) is 0 Å². The number of hydrogen-bond acceptors (Lipinski definition) is 5. The number of sulfone groups is 1. The molecule has 0 N–H and O–H groups in total. The fraction of sp³-hybridized carbons (Fsp3) is 0.667. The van der Waals surface area contributed by atoms with Crippen molar-refractivity contribution in [2.24, 2.45) is 0 Å². The van der Waals surface area contributed by atoms with Crippen LogP contribution >= 0.6 is 0 Å². The predicted molar refractivity (Wildman–Crippen MR) is 84.7 cm³/mol. The van der Waals surface area contributed by atoms with Crippen molar-refractivity contribution in [1.82, 2.24) is 9.88 Å². The highest BCUT2D eigenvalue weighted by Gasteiger charge is 2.34. The zero-order valence-electron chi connectivity index (χ0n) is 13.2. The van der Waals surface area contributed by atoms with E-state index >= 15 is 0 Å². The van der Waals surface area contributed by atoms with Crippen molar-refractivity contribution in [1.29, 1.82) is 0 Å². The Bertz CT molecular complexity index is 671. The van der Waals surface area contributed by atoms with Gasteiger partial charge in [-0.05, 0) is 25.0 Å². The number of rotatable bonds is 2. The van der Waals surface area contributed by atoms with Crippen molar-refractivity contribution >= 4 is 15.5 Å². The van der Waals surface area contributed by atoms with E-state index in [4.69, 9.17) is 0 Å². The van der Waals surface area contributed by atoms with Gasteiger partial charge in [-0.25, -0.2) is 8.42 Å². The molecule has 2 aliphatic heterocycles. The van der Waals surface area contributed by atoms with Gasteiger partial charge in [-0.15, -0.1) is 0 Å². The molecular formula is C15H20F3N3O2S. The van der Waals surface area contributed by atoms with Crippen molar-refractivity contribution in [3.05, 3.63) is 24.0 Å². The van der Waals surface area contributed by atoms with Crippen LogP contribution in [-0.4, -0.2) is 62.0 Å². The summed E-state index contributed by atoms with van der Waals surface area (Å²) in [5.41, 5.74) is -0.333. The molecule has 2 fully saturated rings. The van der Waals surface area contributed by atoms with Crippen molar-refractivity contribution in [2.45, 2.75) is 25.1 Å². The van der Waals surface area contributed by atoms with Gasteiger partial charge >= 0.3 is 6.18 Å². The quantitative estimate of drug-likeness (QED) is 0.802. The molecule has 0 aromatic carbocycles. The first-order chi connectivity index (χ1) is 11.2. The molecule has 3 rings (SSSR count). The topological polar surface area (TPSA) is 53.5 Å². The number of anilines is 1. The summed E-state index contributed by atoms with van der Waals surface area (Å²) in [5.74, 6) is 0.402. The molecule has 24 heavy (non-hydrogen) atoms. The van der Waals surface area contributed by atoms with E-state index in [-0.39, 0.29) is 11.5 Å². The van der Waals surface area contributed by atoms with Crippen LogP contribution in [0.1, 0.15) is 18.5 Å². The first-order valence-electron chi connectivity index (χ1n) is 7.97. The van der Waals surface area contributed by atoms with Crippen molar-refractivity contribution < 1.29 is 21.6 Å². The Morgan fingerprint density at radius 1 is 1.08 bits per heavy atom. The summed E-state index contributed by atoms with van der Waals surface area (Å²) >= 11 is 0. The highest BCUT2D eigenvalue weighted by atomic mass is 32.2. The van der Waals surface area contributed by atoms with Gasteiger partial charge in [0.25, 0.3) is 0 Å². The van der Waals surface area contributed by atoms with Crippen LogP contribution < -0.4 is 4.90 Å². The number of nitrogens with zero attached hydrogens (tertiary/aromatic N) is 3. The molecule has 0 bridgehead atoms. The maximum absolute atomic E-state index is 12.8. The number of alkyl halides is 3. The van der Waals surface area contributed by atoms with Gasteiger partial charge in [0.05, 0.1) is 11.5 Å². The fourth-order valence-corrected chi connectivity index (χ4v) is 4.58. The van der Waals surface area contributed by atoms with E-state index in [0.717, 1.165) is 18.9 Å². The normalized spacial score (nSPS) is 23.4. The summed E-state index contributed by atoms with van der Waals surface area (Å²) in [6, 6.07) is 3.00. The molecule has 2 aliphatic rings. The monoisotopic (exact) mass is 363 g/mol. The largest absolute Gasteiger partial charge is 0.433 e. The lowest BCUT2D eigenvalue weighted by molar-refractivity contribution is -0.141. The summed E-state index contributed by atoms with van der Waals surface area (Å²) in [5, 5.41) is 0. The second-order valence-corrected chi connectivity index (χ2v) is 8.61. The first kappa shape index (κ1) is 17.5. The lowest BCUT2D eigenvalue weighted by Crippen LogP contribution is -2.50. The van der Waals surface area contributed by atoms with Crippen LogP contribution in [0.5, 0.6) is 0 Å². The highest BCUT2D eigenvalue weighted by molar-refractivity contribution is 7.91. The van der Waals surface area contributed by atoms with Gasteiger partial charge in [-0.3, -0.25) is 9.88 Å². The van der Waals surface area contributed by atoms with E-state index < -0.39 is 21.7 Å². The van der Waals surface area contributed by atoms with E-state index in [1.807, 2.05) is 4.90 Å². The van der Waals surface area contributed by atoms with Crippen LogP contribution in [-0.2, 0) is 16.0 Å². The minimum Gasteiger partial charge on any atom is -0.371 e. The van der Waals surface area contributed by atoms with E-state index in [1.54, 1.807) is 6.07 Å². The molecule has 0 saturated carbocycles. The van der Waals surface area contributed by atoms with Crippen LogP contribution in [0.4, 0.5) is 18.9 Å². The third-order valence-electron chi connectivity index (χ3n) is 4.76. The number of piperidine rings is 1. The molecule has 5 nitrogen and oxygen atoms in total. The maximum atomic E-state index is 12.8. The van der Waals surface area contributed by atoms with E-state index in [1.165, 1.54) is 6.20 Å². The summed E-state index contributed by atoms with van der Waals surface area (Å²) in [6.45, 7) is 2.44. The van der Waals surface area contributed by atoms with Gasteiger partial charge in [0.1, 0.15) is 5.69 Å². The molecule has 2 saturated heterocycles. The average Bonchev–Trinajstić information content (AvgIpc) is 2.54. The smallest absolute Gasteiger partial charge is 0.371 e. The Morgan fingerprint density at radius 3 is 2.29 bits per heavy atom. The Kier molecular flexibility index (Phi) is 4.74. The Morgan fingerprint density at radius 2 is 1.71 bits per heavy atom. The van der Waals surface area contributed by atoms with Crippen LogP contribution in [0.3, 0.4) is 0 Å². The van der Waals surface area contributed by atoms with Crippen molar-refractivity contribution in [3.8, 4) is 0 Å². The molecule has 0 radical (unpaired) electrons. The van der Waals surface area contributed by atoms with E-state index in [2.05, 4.69) is 9.88 Å². The minimum atomic E-state index is -4.44. The van der Waals surface area contributed by atoms with Crippen molar-refractivity contribution in [3.63, 3.8) is 0 Å². The lowest BCUT2D eigenvalue weighted by Gasteiger charge is -2.40. The summed E-state index contributed by atoms with van der Waals surface area (Å²) in [7, 11) is -2.89. The highest BCUT2D eigenvalue weighted by Crippen LogP contribution is 2.31. The second kappa shape index (κ2) is 6.51. The predicted octanol–water partition coefficient (Wildman–Crippen LogP) is 1.80. The van der Waals surface area contributed by atoms with Crippen LogP contribution in [0.2, 0.25) is 0 Å². The summed E-state index contributed by atoms with van der Waals surface area (Å²) in [4.78, 5) is 7.53. The van der Waals surface area contributed by atoms with Gasteiger partial charge in [-0.2, -0.15) is 13.2 Å². The Balaban J connectivity index is 1.59. The molecule has 9 heteroatoms. The Labute approximate surface area is 139 Å². The molecule has 0 spiro atoms. The number of pyridine rings is 1. The number of halogens is 3. The molecule has 0 unspecified atom stereocenters. The zero-order valence-corrected chi connectivity index (χ0v) is 14.0. The second-order valence-electron chi connectivity index (χ2n) is 6.30. The third-order valence-corrected chi connectivity index (χ3v) is 6.37. The molecule has 0 aliphatic carbocycles. The molecule has 0 amide bonds.